The molecule has 0 saturated heterocycles. The van der Waals surface area contributed by atoms with Crippen molar-refractivity contribution < 1.29 is 27.5 Å². The topological polar surface area (TPSA) is 55.4 Å². The first-order valence-electron chi connectivity index (χ1n) is 7.62. The summed E-state index contributed by atoms with van der Waals surface area (Å²) in [5.41, 5.74) is 0. The van der Waals surface area contributed by atoms with E-state index in [-0.39, 0.29) is 0 Å². The summed E-state index contributed by atoms with van der Waals surface area (Å²) in [5.74, 6) is 0. The van der Waals surface area contributed by atoms with Crippen LogP contribution in [0.3, 0.4) is 0 Å². The molecule has 0 heterocycles. The standard InChI is InChI=1S/C14H32O6Si/c1-7-9-11-12-19-21(18-6,13-10-8-2)20-14(15-3,16-4)17-5/h7-13H2,1-6H3. The van der Waals surface area contributed by atoms with Gasteiger partial charge in [-0.05, 0) is 12.8 Å². The second-order valence-electron chi connectivity index (χ2n) is 4.76. The molecule has 0 aliphatic rings. The summed E-state index contributed by atoms with van der Waals surface area (Å²) >= 11 is 0. The molecule has 0 aliphatic carbocycles. The third-order valence-electron chi connectivity index (χ3n) is 3.25. The Morgan fingerprint density at radius 1 is 0.810 bits per heavy atom. The summed E-state index contributed by atoms with van der Waals surface area (Å²) in [6.45, 7) is 4.87. The van der Waals surface area contributed by atoms with Crippen LogP contribution in [0.5, 0.6) is 0 Å². The molecule has 21 heavy (non-hydrogen) atoms. The molecule has 0 aromatic rings. The van der Waals surface area contributed by atoms with Gasteiger partial charge < -0.3 is 23.1 Å². The molecule has 1 unspecified atom stereocenters. The zero-order valence-corrected chi connectivity index (χ0v) is 15.4. The fourth-order valence-electron chi connectivity index (χ4n) is 1.89. The summed E-state index contributed by atoms with van der Waals surface area (Å²) in [4.78, 5) is 0. The predicted molar refractivity (Wildman–Crippen MR) is 82.8 cm³/mol. The molecule has 0 aliphatic heterocycles. The van der Waals surface area contributed by atoms with Crippen LogP contribution in [0.2, 0.25) is 6.04 Å². The highest BCUT2D eigenvalue weighted by Crippen LogP contribution is 2.27. The average Bonchev–Trinajstić information content (AvgIpc) is 2.54. The Labute approximate surface area is 130 Å². The van der Waals surface area contributed by atoms with Crippen LogP contribution in [-0.4, -0.2) is 50.0 Å². The Balaban J connectivity index is 4.89. The van der Waals surface area contributed by atoms with Crippen LogP contribution in [0.25, 0.3) is 0 Å². The van der Waals surface area contributed by atoms with Gasteiger partial charge in [0, 0.05) is 41.1 Å². The van der Waals surface area contributed by atoms with Crippen molar-refractivity contribution in [2.45, 2.75) is 58.2 Å². The maximum Gasteiger partial charge on any atom is 0.506 e. The number of hydrogen-bond acceptors (Lipinski definition) is 6. The molecule has 6 nitrogen and oxygen atoms in total. The van der Waals surface area contributed by atoms with Crippen molar-refractivity contribution in [1.29, 1.82) is 0 Å². The minimum atomic E-state index is -2.91. The Kier molecular flexibility index (Phi) is 11.5. The van der Waals surface area contributed by atoms with E-state index in [4.69, 9.17) is 27.5 Å². The molecule has 0 aromatic carbocycles. The number of unbranched alkanes of at least 4 members (excludes halogenated alkanes) is 3. The largest absolute Gasteiger partial charge is 0.506 e. The molecule has 0 aromatic heterocycles. The van der Waals surface area contributed by atoms with E-state index in [9.17, 15) is 0 Å². The summed E-state index contributed by atoms with van der Waals surface area (Å²) in [7, 11) is 3.06. The number of ether oxygens (including phenoxy) is 3. The highest BCUT2D eigenvalue weighted by atomic mass is 28.4. The minimum Gasteiger partial charge on any atom is -0.377 e. The van der Waals surface area contributed by atoms with Gasteiger partial charge in [-0.1, -0.05) is 33.1 Å². The molecule has 0 radical (unpaired) electrons. The maximum atomic E-state index is 6.00. The molecule has 1 atom stereocenters. The quantitative estimate of drug-likeness (QED) is 0.278. The minimum absolute atomic E-state index is 0.602. The summed E-state index contributed by atoms with van der Waals surface area (Å²) in [5, 5.41) is 0. The van der Waals surface area contributed by atoms with Gasteiger partial charge in [0.2, 0.25) is 0 Å². The van der Waals surface area contributed by atoms with Crippen LogP contribution < -0.4 is 0 Å². The Hall–Kier alpha value is -0.0231. The maximum absolute atomic E-state index is 6.00. The lowest BCUT2D eigenvalue weighted by atomic mass is 10.3. The zero-order valence-electron chi connectivity index (χ0n) is 14.4. The monoisotopic (exact) mass is 324 g/mol. The van der Waals surface area contributed by atoms with Crippen LogP contribution in [-0.2, 0) is 27.5 Å². The van der Waals surface area contributed by atoms with Gasteiger partial charge in [-0.25, -0.2) is 0 Å². The van der Waals surface area contributed by atoms with Gasteiger partial charge in [-0.15, -0.1) is 0 Å². The summed E-state index contributed by atoms with van der Waals surface area (Å²) in [6, 6.07) is 0.698. The first-order chi connectivity index (χ1) is 10.1. The number of rotatable bonds is 14. The van der Waals surface area contributed by atoms with E-state index < -0.39 is 15.0 Å². The molecule has 7 heteroatoms. The second kappa shape index (κ2) is 11.5. The first kappa shape index (κ1) is 21.0. The van der Waals surface area contributed by atoms with Crippen LogP contribution in [0.1, 0.15) is 46.0 Å². The van der Waals surface area contributed by atoms with Gasteiger partial charge in [0.05, 0.1) is 0 Å². The molecule has 0 amide bonds. The highest BCUT2D eigenvalue weighted by Gasteiger charge is 2.49. The van der Waals surface area contributed by atoms with Gasteiger partial charge >= 0.3 is 15.0 Å². The highest BCUT2D eigenvalue weighted by molar-refractivity contribution is 6.60. The van der Waals surface area contributed by atoms with E-state index in [1.807, 2.05) is 0 Å². The Bertz CT molecular complexity index is 241. The Morgan fingerprint density at radius 2 is 1.38 bits per heavy atom. The zero-order chi connectivity index (χ0) is 16.2. The van der Waals surface area contributed by atoms with Crippen molar-refractivity contribution in [3.05, 3.63) is 0 Å². The molecule has 0 spiro atoms. The first-order valence-corrected chi connectivity index (χ1v) is 9.55. The van der Waals surface area contributed by atoms with E-state index >= 15 is 0 Å². The molecular weight excluding hydrogens is 292 g/mol. The molecule has 0 rings (SSSR count). The van der Waals surface area contributed by atoms with Crippen LogP contribution >= 0.6 is 0 Å². The normalized spacial score (nSPS) is 15.1. The molecule has 0 saturated carbocycles. The van der Waals surface area contributed by atoms with Crippen molar-refractivity contribution >= 4 is 8.80 Å². The van der Waals surface area contributed by atoms with Gasteiger partial charge in [-0.3, -0.25) is 4.43 Å². The summed E-state index contributed by atoms with van der Waals surface area (Å²) in [6.07, 6.45) is 3.62. The number of hydrogen-bond donors (Lipinski definition) is 0. The summed E-state index contributed by atoms with van der Waals surface area (Å²) < 4.78 is 33.2. The van der Waals surface area contributed by atoms with Gasteiger partial charge in [0.25, 0.3) is 0 Å². The lowest BCUT2D eigenvalue weighted by Gasteiger charge is -2.36. The van der Waals surface area contributed by atoms with E-state index in [0.717, 1.165) is 32.1 Å². The molecule has 0 bridgehead atoms. The third kappa shape index (κ3) is 7.18. The van der Waals surface area contributed by atoms with Gasteiger partial charge in [0.15, 0.2) is 0 Å². The van der Waals surface area contributed by atoms with Crippen molar-refractivity contribution in [1.82, 2.24) is 0 Å². The smallest absolute Gasteiger partial charge is 0.377 e. The van der Waals surface area contributed by atoms with E-state index in [2.05, 4.69) is 13.8 Å². The molecule has 0 N–H and O–H groups in total. The van der Waals surface area contributed by atoms with E-state index in [0.29, 0.717) is 12.7 Å². The predicted octanol–water partition coefficient (Wildman–Crippen LogP) is 3.15. The van der Waals surface area contributed by atoms with Crippen LogP contribution in [0, 0.1) is 0 Å². The second-order valence-corrected chi connectivity index (χ2v) is 7.53. The molecular formula is C14H32O6Si. The van der Waals surface area contributed by atoms with Crippen LogP contribution in [0.15, 0.2) is 0 Å². The lowest BCUT2D eigenvalue weighted by Crippen LogP contribution is -2.55. The van der Waals surface area contributed by atoms with E-state index in [1.54, 1.807) is 7.11 Å². The fraction of sp³-hybridized carbons (Fsp3) is 1.00. The average molecular weight is 324 g/mol. The molecule has 128 valence electrons. The number of methoxy groups -OCH3 is 3. The fourth-order valence-corrected chi connectivity index (χ4v) is 4.48. The lowest BCUT2D eigenvalue weighted by molar-refractivity contribution is -0.460. The van der Waals surface area contributed by atoms with Gasteiger partial charge in [-0.2, -0.15) is 0 Å². The SMILES string of the molecule is CCCCCO[Si](CCCC)(OC)OC(OC)(OC)OC. The third-order valence-corrected chi connectivity index (χ3v) is 6.04. The van der Waals surface area contributed by atoms with Crippen molar-refractivity contribution in [2.75, 3.05) is 35.0 Å². The van der Waals surface area contributed by atoms with Crippen molar-refractivity contribution in [3.63, 3.8) is 0 Å². The van der Waals surface area contributed by atoms with E-state index in [1.165, 1.54) is 21.3 Å². The molecule has 0 fully saturated rings. The van der Waals surface area contributed by atoms with Crippen molar-refractivity contribution in [3.8, 4) is 0 Å². The Morgan fingerprint density at radius 3 is 1.81 bits per heavy atom. The van der Waals surface area contributed by atoms with Crippen molar-refractivity contribution in [2.24, 2.45) is 0 Å². The van der Waals surface area contributed by atoms with Crippen LogP contribution in [0.4, 0.5) is 0 Å². The van der Waals surface area contributed by atoms with Gasteiger partial charge in [0.1, 0.15) is 0 Å².